The summed E-state index contributed by atoms with van der Waals surface area (Å²) in [7, 11) is 0. The van der Waals surface area contributed by atoms with Gasteiger partial charge in [-0.3, -0.25) is 15.1 Å². The summed E-state index contributed by atoms with van der Waals surface area (Å²) in [4.78, 5) is 18.4. The number of benzene rings is 1. The predicted octanol–water partition coefficient (Wildman–Crippen LogP) is 2.79. The molecule has 0 radical (unpaired) electrons. The van der Waals surface area contributed by atoms with Gasteiger partial charge in [0.1, 0.15) is 5.52 Å². The molecular weight excluding hydrogens is 272 g/mol. The quantitative estimate of drug-likeness (QED) is 0.572. The first-order valence-corrected chi connectivity index (χ1v) is 6.40. The normalized spacial score (nSPS) is 10.7. The fraction of sp³-hybridized carbons (Fsp3) is 0.143. The number of rotatable bonds is 5. The van der Waals surface area contributed by atoms with Crippen molar-refractivity contribution in [3.63, 3.8) is 0 Å². The van der Waals surface area contributed by atoms with Gasteiger partial charge in [-0.25, -0.2) is 0 Å². The number of anilines is 1. The molecule has 7 nitrogen and oxygen atoms in total. The molecule has 0 bridgehead atoms. The van der Waals surface area contributed by atoms with E-state index >= 15 is 0 Å². The largest absolute Gasteiger partial charge is 0.424 e. The Balaban J connectivity index is 1.68. The lowest BCUT2D eigenvalue weighted by Crippen LogP contribution is -2.04. The molecular formula is C14H12N4O3. The van der Waals surface area contributed by atoms with Gasteiger partial charge in [0, 0.05) is 31.1 Å². The first-order chi connectivity index (χ1) is 10.2. The van der Waals surface area contributed by atoms with Crippen molar-refractivity contribution in [2.24, 2.45) is 0 Å². The summed E-state index contributed by atoms with van der Waals surface area (Å²) in [5, 5.41) is 13.8. The van der Waals surface area contributed by atoms with E-state index in [-0.39, 0.29) is 5.69 Å². The minimum atomic E-state index is -0.454. The van der Waals surface area contributed by atoms with Crippen LogP contribution in [0.5, 0.6) is 0 Å². The monoisotopic (exact) mass is 284 g/mol. The minimum absolute atomic E-state index is 0.000800. The van der Waals surface area contributed by atoms with Crippen LogP contribution in [0.4, 0.5) is 11.7 Å². The van der Waals surface area contributed by atoms with Gasteiger partial charge in [-0.05, 0) is 30.2 Å². The molecule has 1 N–H and O–H groups in total. The summed E-state index contributed by atoms with van der Waals surface area (Å²) >= 11 is 0. The number of non-ortho nitro benzene ring substituents is 1. The van der Waals surface area contributed by atoms with E-state index in [9.17, 15) is 10.1 Å². The highest BCUT2D eigenvalue weighted by atomic mass is 16.6. The van der Waals surface area contributed by atoms with Gasteiger partial charge in [-0.15, -0.1) is 0 Å². The van der Waals surface area contributed by atoms with E-state index in [1.165, 1.54) is 12.1 Å². The molecule has 3 rings (SSSR count). The maximum absolute atomic E-state index is 10.7. The fourth-order valence-electron chi connectivity index (χ4n) is 1.97. The number of nitro groups is 1. The minimum Gasteiger partial charge on any atom is -0.424 e. The molecule has 3 aromatic rings. The van der Waals surface area contributed by atoms with Crippen molar-refractivity contribution in [1.29, 1.82) is 0 Å². The lowest BCUT2D eigenvalue weighted by Gasteiger charge is -2.01. The van der Waals surface area contributed by atoms with Gasteiger partial charge in [0.05, 0.1) is 4.92 Å². The number of oxazole rings is 1. The van der Waals surface area contributed by atoms with Crippen LogP contribution in [0, 0.1) is 10.1 Å². The highest BCUT2D eigenvalue weighted by Gasteiger charge is 2.11. The van der Waals surface area contributed by atoms with Gasteiger partial charge in [-0.2, -0.15) is 4.98 Å². The molecule has 21 heavy (non-hydrogen) atoms. The van der Waals surface area contributed by atoms with Crippen LogP contribution in [-0.4, -0.2) is 21.4 Å². The molecule has 0 aliphatic carbocycles. The van der Waals surface area contributed by atoms with Crippen molar-refractivity contribution in [3.8, 4) is 0 Å². The summed E-state index contributed by atoms with van der Waals surface area (Å²) in [6.07, 6.45) is 4.29. The van der Waals surface area contributed by atoms with Crippen molar-refractivity contribution in [2.75, 3.05) is 11.9 Å². The van der Waals surface area contributed by atoms with Crippen LogP contribution < -0.4 is 5.32 Å². The Hall–Kier alpha value is -2.96. The molecule has 7 heteroatoms. The SMILES string of the molecule is O=[N+]([O-])c1ccc2oc(NCCc3ccncc3)nc2c1. The number of pyridine rings is 1. The van der Waals surface area contributed by atoms with Crippen LogP contribution in [0.25, 0.3) is 11.1 Å². The maximum atomic E-state index is 10.7. The average molecular weight is 284 g/mol. The van der Waals surface area contributed by atoms with Gasteiger partial charge in [0.25, 0.3) is 11.7 Å². The van der Waals surface area contributed by atoms with E-state index in [1.54, 1.807) is 18.5 Å². The molecule has 1 aromatic carbocycles. The second-order valence-corrected chi connectivity index (χ2v) is 4.46. The van der Waals surface area contributed by atoms with Gasteiger partial charge in [0.2, 0.25) is 0 Å². The van der Waals surface area contributed by atoms with E-state index in [0.717, 1.165) is 12.0 Å². The van der Waals surface area contributed by atoms with Crippen LogP contribution in [0.15, 0.2) is 47.1 Å². The van der Waals surface area contributed by atoms with E-state index in [1.807, 2.05) is 12.1 Å². The van der Waals surface area contributed by atoms with Gasteiger partial charge in [0.15, 0.2) is 5.58 Å². The second kappa shape index (κ2) is 5.58. The average Bonchev–Trinajstić information content (AvgIpc) is 2.90. The lowest BCUT2D eigenvalue weighted by molar-refractivity contribution is -0.384. The van der Waals surface area contributed by atoms with Crippen LogP contribution in [-0.2, 0) is 6.42 Å². The molecule has 0 amide bonds. The molecule has 0 aliphatic heterocycles. The highest BCUT2D eigenvalue weighted by molar-refractivity contribution is 5.77. The van der Waals surface area contributed by atoms with E-state index < -0.39 is 4.92 Å². The molecule has 2 heterocycles. The molecule has 0 saturated carbocycles. The third-order valence-corrected chi connectivity index (χ3v) is 3.02. The number of nitrogens with one attached hydrogen (secondary N) is 1. The fourth-order valence-corrected chi connectivity index (χ4v) is 1.97. The predicted molar refractivity (Wildman–Crippen MR) is 77.1 cm³/mol. The molecule has 0 aliphatic rings. The van der Waals surface area contributed by atoms with Crippen LogP contribution in [0.1, 0.15) is 5.56 Å². The molecule has 2 aromatic heterocycles. The number of nitro benzene ring substituents is 1. The first kappa shape index (κ1) is 13.0. The lowest BCUT2D eigenvalue weighted by atomic mass is 10.2. The summed E-state index contributed by atoms with van der Waals surface area (Å²) in [6.45, 7) is 0.652. The summed E-state index contributed by atoms with van der Waals surface area (Å²) in [6, 6.07) is 8.59. The number of nitrogens with zero attached hydrogens (tertiary/aromatic N) is 3. The topological polar surface area (TPSA) is 94.1 Å². The van der Waals surface area contributed by atoms with Crippen molar-refractivity contribution in [1.82, 2.24) is 9.97 Å². The van der Waals surface area contributed by atoms with Gasteiger partial charge in [-0.1, -0.05) is 0 Å². The number of hydrogen-bond acceptors (Lipinski definition) is 6. The van der Waals surface area contributed by atoms with Gasteiger partial charge >= 0.3 is 0 Å². The van der Waals surface area contributed by atoms with Gasteiger partial charge < -0.3 is 9.73 Å². The molecule has 106 valence electrons. The summed E-state index contributed by atoms with van der Waals surface area (Å²) in [5.41, 5.74) is 2.14. The number of hydrogen-bond donors (Lipinski definition) is 1. The summed E-state index contributed by atoms with van der Waals surface area (Å²) in [5.74, 6) is 0. The second-order valence-electron chi connectivity index (χ2n) is 4.46. The molecule has 0 spiro atoms. The van der Waals surface area contributed by atoms with E-state index in [4.69, 9.17) is 4.42 Å². The number of fused-ring (bicyclic) bond motifs is 1. The Morgan fingerprint density at radius 2 is 2.05 bits per heavy atom. The Bertz CT molecular complexity index is 770. The zero-order valence-electron chi connectivity index (χ0n) is 11.0. The third-order valence-electron chi connectivity index (χ3n) is 3.02. The van der Waals surface area contributed by atoms with Crippen LogP contribution in [0.2, 0.25) is 0 Å². The van der Waals surface area contributed by atoms with Crippen molar-refractivity contribution < 1.29 is 9.34 Å². The number of aromatic nitrogens is 2. The molecule has 0 fully saturated rings. The van der Waals surface area contributed by atoms with Crippen molar-refractivity contribution >= 4 is 22.8 Å². The Morgan fingerprint density at radius 1 is 1.24 bits per heavy atom. The molecule has 0 atom stereocenters. The third kappa shape index (κ3) is 2.97. The zero-order valence-corrected chi connectivity index (χ0v) is 11.0. The zero-order chi connectivity index (χ0) is 14.7. The van der Waals surface area contributed by atoms with Crippen LogP contribution in [0.3, 0.4) is 0 Å². The Morgan fingerprint density at radius 3 is 2.81 bits per heavy atom. The molecule has 0 unspecified atom stereocenters. The van der Waals surface area contributed by atoms with E-state index in [0.29, 0.717) is 23.7 Å². The standard InChI is InChI=1S/C14H12N4O3/c19-18(20)11-1-2-13-12(9-11)17-14(21-13)16-8-5-10-3-6-15-7-4-10/h1-4,6-7,9H,5,8H2,(H,16,17). The summed E-state index contributed by atoms with van der Waals surface area (Å²) < 4.78 is 5.48. The van der Waals surface area contributed by atoms with E-state index in [2.05, 4.69) is 15.3 Å². The Labute approximate surface area is 119 Å². The first-order valence-electron chi connectivity index (χ1n) is 6.40. The van der Waals surface area contributed by atoms with Crippen molar-refractivity contribution in [3.05, 3.63) is 58.4 Å². The molecule has 0 saturated heterocycles. The van der Waals surface area contributed by atoms with Crippen LogP contribution >= 0.6 is 0 Å². The maximum Gasteiger partial charge on any atom is 0.295 e. The van der Waals surface area contributed by atoms with Crippen molar-refractivity contribution in [2.45, 2.75) is 6.42 Å². The smallest absolute Gasteiger partial charge is 0.295 e. The Kier molecular flexibility index (Phi) is 3.46. The highest BCUT2D eigenvalue weighted by Crippen LogP contribution is 2.23.